The predicted octanol–water partition coefficient (Wildman–Crippen LogP) is 16.9. The molecule has 0 spiro atoms. The van der Waals surface area contributed by atoms with Crippen LogP contribution in [0.2, 0.25) is 0 Å². The summed E-state index contributed by atoms with van der Waals surface area (Å²) in [5.74, 6) is 7.53. The highest BCUT2D eigenvalue weighted by atomic mass is 16.5. The lowest BCUT2D eigenvalue weighted by Gasteiger charge is -2.71. The molecule has 11 fully saturated rings. The number of aliphatic carboxylic acids is 1. The molecule has 22 atom stereocenters. The molecular weight excluding hydrogens is 1250 g/mol. The molecule has 0 aromatic heterocycles. The van der Waals surface area contributed by atoms with E-state index < -0.39 is 5.97 Å². The lowest BCUT2D eigenvalue weighted by molar-refractivity contribution is -0.240. The van der Waals surface area contributed by atoms with Gasteiger partial charge < -0.3 is 45.0 Å². The van der Waals surface area contributed by atoms with Crippen LogP contribution < -0.4 is 10.6 Å². The Morgan fingerprint density at radius 3 is 1.80 bits per heavy atom. The van der Waals surface area contributed by atoms with E-state index in [1.165, 1.54) is 122 Å². The Bertz CT molecular complexity index is 2610. The fraction of sp³-hybridized carbons (Fsp3) is 0.942. The SMILES string of the molecule is C[C@H](CCC(=O)NCCCCN1CCCC1)C1CC2[C@H](CCC(=O)NCCCCN3CCCC3)C3CC[C@H]4[C@@H]5[C@@H](O)C[C@@H]6CCCC[C@]6(C)[C@H]5CC([C@H]5C[C@@H]6C[C@H](OC(=O)CCCCCCCC(CCCCCCCC(=O)O)OC(=O)CCCN(C)C)CC[C@]6(C)[C@H]6CC[C@@]1(C)[C@@H]2[C@H]56)[C@]34C. The number of nitrogens with one attached hydrogen (secondary N) is 2. The van der Waals surface area contributed by atoms with Crippen LogP contribution in [-0.2, 0) is 33.4 Å². The van der Waals surface area contributed by atoms with Crippen LogP contribution in [0.25, 0.3) is 0 Å². The Morgan fingerprint density at radius 2 is 1.13 bits per heavy atom. The zero-order valence-electron chi connectivity index (χ0n) is 64.8. The third kappa shape index (κ3) is 18.4. The summed E-state index contributed by atoms with van der Waals surface area (Å²) in [6.07, 6.45) is 43.5. The Hall–Kier alpha value is -2.81. The number of aliphatic hydroxyl groups is 1. The summed E-state index contributed by atoms with van der Waals surface area (Å²) in [5.41, 5.74) is 0.652. The lowest BCUT2D eigenvalue weighted by Crippen LogP contribution is -2.66. The van der Waals surface area contributed by atoms with Gasteiger partial charge in [0.05, 0.1) is 6.10 Å². The molecule has 2 heterocycles. The van der Waals surface area contributed by atoms with Gasteiger partial charge in [-0.25, -0.2) is 0 Å². The first-order chi connectivity index (χ1) is 48.2. The third-order valence-corrected chi connectivity index (χ3v) is 31.8. The van der Waals surface area contributed by atoms with Crippen LogP contribution in [0.5, 0.6) is 0 Å². The van der Waals surface area contributed by atoms with Crippen molar-refractivity contribution in [1.82, 2.24) is 25.3 Å². The Labute approximate surface area is 608 Å². The molecule has 0 aromatic carbocycles. The van der Waals surface area contributed by atoms with E-state index in [-0.39, 0.29) is 70.1 Å². The van der Waals surface area contributed by atoms with Gasteiger partial charge in [-0.3, -0.25) is 24.0 Å². The van der Waals surface area contributed by atoms with Crippen molar-refractivity contribution in [3.63, 3.8) is 0 Å². The summed E-state index contributed by atoms with van der Waals surface area (Å²) in [5, 5.41) is 28.8. The van der Waals surface area contributed by atoms with Crippen LogP contribution in [0.15, 0.2) is 0 Å². The summed E-state index contributed by atoms with van der Waals surface area (Å²) < 4.78 is 12.8. The summed E-state index contributed by atoms with van der Waals surface area (Å²) >= 11 is 0. The smallest absolute Gasteiger partial charge is 0.306 e. The molecule has 14 heteroatoms. The number of rotatable bonds is 39. The maximum atomic E-state index is 14.5. The number of ether oxygens (including phenoxy) is 2. The van der Waals surface area contributed by atoms with Gasteiger partial charge in [0.15, 0.2) is 0 Å². The lowest BCUT2D eigenvalue weighted by atomic mass is 9.34. The summed E-state index contributed by atoms with van der Waals surface area (Å²) in [7, 11) is 4.06. The number of carbonyl (C=O) groups is 5. The molecule has 11 aliphatic rings. The highest BCUT2D eigenvalue weighted by molar-refractivity contribution is 5.76. The fourth-order valence-corrected chi connectivity index (χ4v) is 26.8. The monoisotopic (exact) mass is 1390 g/mol. The molecule has 0 aromatic rings. The van der Waals surface area contributed by atoms with Crippen LogP contribution in [0.3, 0.4) is 0 Å². The van der Waals surface area contributed by atoms with Gasteiger partial charge in [0.2, 0.25) is 11.8 Å². The number of nitrogens with zero attached hydrogens (tertiary/aromatic N) is 3. The molecule has 0 bridgehead atoms. The van der Waals surface area contributed by atoms with Crippen molar-refractivity contribution in [2.45, 2.75) is 329 Å². The Kier molecular flexibility index (Phi) is 28.3. The van der Waals surface area contributed by atoms with Crippen LogP contribution in [0.1, 0.15) is 311 Å². The molecule has 9 saturated carbocycles. The van der Waals surface area contributed by atoms with Crippen molar-refractivity contribution < 1.29 is 43.7 Å². The maximum Gasteiger partial charge on any atom is 0.306 e. The number of amides is 2. The number of unbranched alkanes of at least 4 members (excludes halogenated alkanes) is 10. The molecule has 100 heavy (non-hydrogen) atoms. The van der Waals surface area contributed by atoms with Crippen molar-refractivity contribution in [3.8, 4) is 0 Å². The van der Waals surface area contributed by atoms with E-state index >= 15 is 0 Å². The summed E-state index contributed by atoms with van der Waals surface area (Å²) in [6, 6.07) is 0. The first-order valence-electron chi connectivity index (χ1n) is 43.1. The number of carboxylic acid groups (broad SMARTS) is 1. The molecule has 9 aliphatic carbocycles. The highest BCUT2D eigenvalue weighted by Crippen LogP contribution is 2.80. The number of aliphatic hydroxyl groups excluding tert-OH is 1. The molecule has 2 saturated heterocycles. The molecule has 2 amide bonds. The largest absolute Gasteiger partial charge is 0.481 e. The number of hydrogen-bond donors (Lipinski definition) is 4. The van der Waals surface area contributed by atoms with Crippen LogP contribution >= 0.6 is 0 Å². The van der Waals surface area contributed by atoms with E-state index in [0.717, 1.165) is 174 Å². The number of likely N-dealkylation sites (tertiary alicyclic amines) is 2. The zero-order chi connectivity index (χ0) is 70.6. The van der Waals surface area contributed by atoms with Gasteiger partial charge in [-0.2, -0.15) is 0 Å². The number of carbonyl (C=O) groups excluding carboxylic acids is 4. The molecule has 0 radical (unpaired) electrons. The number of fused-ring (bicyclic) bond motifs is 7. The van der Waals surface area contributed by atoms with Gasteiger partial charge in [-0.05, 0) is 363 Å². The van der Waals surface area contributed by atoms with Crippen LogP contribution in [0, 0.1) is 110 Å². The molecule has 14 nitrogen and oxygen atoms in total. The van der Waals surface area contributed by atoms with Gasteiger partial charge in [-0.15, -0.1) is 0 Å². The first kappa shape index (κ1) is 78.3. The van der Waals surface area contributed by atoms with E-state index in [1.807, 2.05) is 14.1 Å². The maximum absolute atomic E-state index is 14.5. The van der Waals surface area contributed by atoms with Gasteiger partial charge in [0.1, 0.15) is 12.2 Å². The van der Waals surface area contributed by atoms with E-state index in [0.29, 0.717) is 121 Å². The molecular formula is C86H147N5O9. The Morgan fingerprint density at radius 1 is 0.520 bits per heavy atom. The zero-order valence-corrected chi connectivity index (χ0v) is 64.8. The second kappa shape index (κ2) is 36.2. The number of carboxylic acids is 1. The molecule has 2 aliphatic heterocycles. The molecule has 5 unspecified atom stereocenters. The number of hydrogen-bond acceptors (Lipinski definition) is 11. The fourth-order valence-electron chi connectivity index (χ4n) is 26.8. The molecule has 570 valence electrons. The molecule has 11 rings (SSSR count). The van der Waals surface area contributed by atoms with Gasteiger partial charge >= 0.3 is 17.9 Å². The average molecular weight is 1400 g/mol. The van der Waals surface area contributed by atoms with Crippen molar-refractivity contribution in [2.75, 3.05) is 73.0 Å². The van der Waals surface area contributed by atoms with Crippen LogP contribution in [0.4, 0.5) is 0 Å². The van der Waals surface area contributed by atoms with E-state index in [1.54, 1.807) is 0 Å². The van der Waals surface area contributed by atoms with Gasteiger partial charge in [-0.1, -0.05) is 86.0 Å². The quantitative estimate of drug-likeness (QED) is 0.0339. The topological polar surface area (TPSA) is 178 Å². The van der Waals surface area contributed by atoms with Gasteiger partial charge in [0, 0.05) is 45.2 Å². The Balaban J connectivity index is 0.788. The van der Waals surface area contributed by atoms with Crippen molar-refractivity contribution >= 4 is 29.7 Å². The molecule has 4 N–H and O–H groups in total. The second-order valence-electron chi connectivity index (χ2n) is 37.6. The van der Waals surface area contributed by atoms with Gasteiger partial charge in [0.25, 0.3) is 0 Å². The van der Waals surface area contributed by atoms with Crippen LogP contribution in [-0.4, -0.2) is 146 Å². The normalized spacial score (nSPS) is 38.0. The second-order valence-corrected chi connectivity index (χ2v) is 37.6. The standard InChI is InChI=1S/C86H147N5O9/c1-60(35-39-75(93)87-46-20-22-49-90-51-24-25-52-90)71-58-66-65(36-40-76(94)88-47-21-23-50-91-53-26-27-54-91)68-37-38-70-81-73(83(2)43-19-18-29-61(83)57-74(81)92)59-72(86(68,70)5)67-56-62-55-64(41-44-84(62,3)69-42-45-85(71,4)82(66)80(67)69)100-78(97)33-17-13-9-11-15-31-63(99-79(98)34-28-48-89(6)7)30-14-10-8-12-16-32-77(95)96/h60-74,80-82,92H,8-59H2,1-7H3,(H,87,93)(H,88,94)(H,95,96)/t60-,61+,62+,63?,64-,65+,66?,67-,68?,69+,70+,71?,72?,73+,74+,80-,81+,82+,83+,84+,85-,86-/m1/s1. The van der Waals surface area contributed by atoms with E-state index in [2.05, 4.69) is 60.0 Å². The van der Waals surface area contributed by atoms with E-state index in [4.69, 9.17) is 14.6 Å². The minimum absolute atomic E-state index is 0.0175. The van der Waals surface area contributed by atoms with Crippen molar-refractivity contribution in [2.24, 2.45) is 110 Å². The minimum Gasteiger partial charge on any atom is -0.481 e. The van der Waals surface area contributed by atoms with Crippen molar-refractivity contribution in [3.05, 3.63) is 0 Å². The average Bonchev–Trinajstić information content (AvgIpc) is 1.39. The predicted molar refractivity (Wildman–Crippen MR) is 400 cm³/mol. The highest BCUT2D eigenvalue weighted by Gasteiger charge is 2.74. The van der Waals surface area contributed by atoms with E-state index in [9.17, 15) is 29.1 Å². The summed E-state index contributed by atoms with van der Waals surface area (Å²) in [4.78, 5) is 73.7. The first-order valence-corrected chi connectivity index (χ1v) is 43.1. The third-order valence-electron chi connectivity index (χ3n) is 31.8. The number of esters is 2. The summed E-state index contributed by atoms with van der Waals surface area (Å²) in [6.45, 7) is 23.2. The minimum atomic E-state index is -0.731. The van der Waals surface area contributed by atoms with Crippen molar-refractivity contribution in [1.29, 1.82) is 0 Å².